The zero-order valence-electron chi connectivity index (χ0n) is 13.8. The highest BCUT2D eigenvalue weighted by molar-refractivity contribution is 7.22. The Kier molecular flexibility index (Phi) is 4.25. The predicted molar refractivity (Wildman–Crippen MR) is 101 cm³/mol. The van der Waals surface area contributed by atoms with Gasteiger partial charge in [-0.15, -0.1) is 11.3 Å². The highest BCUT2D eigenvalue weighted by Gasteiger charge is 2.19. The van der Waals surface area contributed by atoms with Gasteiger partial charge in [0, 0.05) is 10.9 Å². The minimum absolute atomic E-state index is 0.148. The third-order valence-corrected chi connectivity index (χ3v) is 5.34. The standard InChI is InChI=1S/C19H12FN3O3S/c20-14-7-4-8-16(23(25)26)13(14)10-22-11-21-15-9-17(27-18(15)19(22)24)12-5-2-1-3-6-12/h1-9,11H,10H2. The highest BCUT2D eigenvalue weighted by Crippen LogP contribution is 2.30. The van der Waals surface area contributed by atoms with Crippen molar-refractivity contribution < 1.29 is 9.31 Å². The van der Waals surface area contributed by atoms with Crippen molar-refractivity contribution in [3.63, 3.8) is 0 Å². The Balaban J connectivity index is 1.80. The van der Waals surface area contributed by atoms with Crippen molar-refractivity contribution in [2.45, 2.75) is 6.54 Å². The van der Waals surface area contributed by atoms with E-state index in [2.05, 4.69) is 4.98 Å². The lowest BCUT2D eigenvalue weighted by atomic mass is 10.1. The van der Waals surface area contributed by atoms with Crippen LogP contribution in [0.3, 0.4) is 0 Å². The van der Waals surface area contributed by atoms with Crippen LogP contribution in [0.25, 0.3) is 20.7 Å². The maximum Gasteiger partial charge on any atom is 0.277 e. The fourth-order valence-electron chi connectivity index (χ4n) is 2.85. The molecule has 0 aliphatic rings. The first kappa shape index (κ1) is 17.0. The number of rotatable bonds is 4. The molecule has 2 heterocycles. The Morgan fingerprint density at radius 3 is 2.67 bits per heavy atom. The van der Waals surface area contributed by atoms with Crippen LogP contribution in [0.5, 0.6) is 0 Å². The summed E-state index contributed by atoms with van der Waals surface area (Å²) < 4.78 is 15.7. The molecule has 0 N–H and O–H groups in total. The molecular weight excluding hydrogens is 369 g/mol. The van der Waals surface area contributed by atoms with Gasteiger partial charge in [-0.25, -0.2) is 9.37 Å². The molecule has 2 aromatic heterocycles. The van der Waals surface area contributed by atoms with Gasteiger partial charge in [0.05, 0.1) is 28.9 Å². The summed E-state index contributed by atoms with van der Waals surface area (Å²) in [5, 5.41) is 11.2. The lowest BCUT2D eigenvalue weighted by Gasteiger charge is -2.07. The van der Waals surface area contributed by atoms with Gasteiger partial charge in [-0.2, -0.15) is 0 Å². The molecule has 0 atom stereocenters. The van der Waals surface area contributed by atoms with Crippen LogP contribution in [-0.2, 0) is 6.54 Å². The van der Waals surface area contributed by atoms with Crippen molar-refractivity contribution in [3.8, 4) is 10.4 Å². The van der Waals surface area contributed by atoms with Crippen molar-refractivity contribution in [3.05, 3.63) is 92.8 Å². The lowest BCUT2D eigenvalue weighted by Crippen LogP contribution is -2.21. The fourth-order valence-corrected chi connectivity index (χ4v) is 3.91. The minimum Gasteiger partial charge on any atom is -0.293 e. The summed E-state index contributed by atoms with van der Waals surface area (Å²) in [5.74, 6) is -0.729. The Morgan fingerprint density at radius 1 is 1.15 bits per heavy atom. The number of nitrogens with zero attached hydrogens (tertiary/aromatic N) is 3. The maximum atomic E-state index is 14.1. The number of aromatic nitrogens is 2. The van der Waals surface area contributed by atoms with Crippen LogP contribution >= 0.6 is 11.3 Å². The van der Waals surface area contributed by atoms with E-state index >= 15 is 0 Å². The zero-order chi connectivity index (χ0) is 19.0. The maximum absolute atomic E-state index is 14.1. The first-order valence-electron chi connectivity index (χ1n) is 8.01. The largest absolute Gasteiger partial charge is 0.293 e. The van der Waals surface area contributed by atoms with Crippen molar-refractivity contribution in [2.75, 3.05) is 0 Å². The Morgan fingerprint density at radius 2 is 1.93 bits per heavy atom. The van der Waals surface area contributed by atoms with Crippen molar-refractivity contribution in [1.82, 2.24) is 9.55 Å². The molecule has 4 rings (SSSR count). The Hall–Kier alpha value is -3.39. The zero-order valence-corrected chi connectivity index (χ0v) is 14.6. The van der Waals surface area contributed by atoms with E-state index in [1.807, 2.05) is 36.4 Å². The van der Waals surface area contributed by atoms with Gasteiger partial charge in [0.25, 0.3) is 11.2 Å². The van der Waals surface area contributed by atoms with E-state index in [0.717, 1.165) is 16.5 Å². The smallest absolute Gasteiger partial charge is 0.277 e. The molecule has 6 nitrogen and oxygen atoms in total. The van der Waals surface area contributed by atoms with Crippen LogP contribution in [0.15, 0.2) is 65.7 Å². The third kappa shape index (κ3) is 3.11. The molecule has 4 aromatic rings. The van der Waals surface area contributed by atoms with E-state index in [1.54, 1.807) is 0 Å². The second-order valence-corrected chi connectivity index (χ2v) is 6.92. The topological polar surface area (TPSA) is 78.0 Å². The molecule has 0 aliphatic carbocycles. The van der Waals surface area contributed by atoms with Gasteiger partial charge < -0.3 is 0 Å². The van der Waals surface area contributed by atoms with Gasteiger partial charge in [-0.1, -0.05) is 36.4 Å². The van der Waals surface area contributed by atoms with Crippen molar-refractivity contribution >= 4 is 27.2 Å². The van der Waals surface area contributed by atoms with E-state index in [1.165, 1.54) is 34.4 Å². The van der Waals surface area contributed by atoms with Gasteiger partial charge in [-0.3, -0.25) is 19.5 Å². The number of halogens is 1. The van der Waals surface area contributed by atoms with E-state index in [4.69, 9.17) is 0 Å². The van der Waals surface area contributed by atoms with Gasteiger partial charge in [-0.05, 0) is 17.7 Å². The SMILES string of the molecule is O=c1c2sc(-c3ccccc3)cc2ncn1Cc1c(F)cccc1[N+](=O)[O-]. The second-order valence-electron chi connectivity index (χ2n) is 5.86. The molecule has 0 amide bonds. The quantitative estimate of drug-likeness (QED) is 0.392. The number of nitro groups is 1. The first-order chi connectivity index (χ1) is 13.0. The molecule has 0 radical (unpaired) electrons. The Labute approximate surface area is 156 Å². The molecule has 0 saturated carbocycles. The number of benzene rings is 2. The molecule has 0 bridgehead atoms. The van der Waals surface area contributed by atoms with Crippen LogP contribution in [0, 0.1) is 15.9 Å². The van der Waals surface area contributed by atoms with Crippen molar-refractivity contribution in [2.24, 2.45) is 0 Å². The van der Waals surface area contributed by atoms with E-state index in [-0.39, 0.29) is 23.4 Å². The summed E-state index contributed by atoms with van der Waals surface area (Å²) in [6.07, 6.45) is 1.29. The molecule has 0 aliphatic heterocycles. The number of fused-ring (bicyclic) bond motifs is 1. The average molecular weight is 381 g/mol. The summed E-state index contributed by atoms with van der Waals surface area (Å²) in [6.45, 7) is -0.261. The van der Waals surface area contributed by atoms with Gasteiger partial charge in [0.2, 0.25) is 0 Å². The van der Waals surface area contributed by atoms with Crippen LogP contribution in [0.1, 0.15) is 5.56 Å². The van der Waals surface area contributed by atoms with Gasteiger partial charge in [0.15, 0.2) is 0 Å². The Bertz CT molecular complexity index is 1220. The van der Waals surface area contributed by atoms with Crippen molar-refractivity contribution in [1.29, 1.82) is 0 Å². The molecular formula is C19H12FN3O3S. The summed E-state index contributed by atoms with van der Waals surface area (Å²) in [5.41, 5.74) is 0.646. The first-order valence-corrected chi connectivity index (χ1v) is 8.82. The lowest BCUT2D eigenvalue weighted by molar-refractivity contribution is -0.385. The highest BCUT2D eigenvalue weighted by atomic mass is 32.1. The molecule has 2 aromatic carbocycles. The average Bonchev–Trinajstić information content (AvgIpc) is 3.11. The predicted octanol–water partition coefficient (Wildman–Crippen LogP) is 4.22. The summed E-state index contributed by atoms with van der Waals surface area (Å²) >= 11 is 1.29. The third-order valence-electron chi connectivity index (χ3n) is 4.18. The van der Waals surface area contributed by atoms with Crippen LogP contribution in [0.4, 0.5) is 10.1 Å². The monoisotopic (exact) mass is 381 g/mol. The molecule has 134 valence electrons. The normalized spacial score (nSPS) is 11.0. The summed E-state index contributed by atoms with van der Waals surface area (Å²) in [4.78, 5) is 28.5. The number of nitro benzene ring substituents is 1. The van der Waals surface area contributed by atoms with E-state index < -0.39 is 10.7 Å². The minimum atomic E-state index is -0.729. The van der Waals surface area contributed by atoms with E-state index in [9.17, 15) is 19.3 Å². The van der Waals surface area contributed by atoms with Crippen LogP contribution < -0.4 is 5.56 Å². The van der Waals surface area contributed by atoms with Gasteiger partial charge >= 0.3 is 0 Å². The molecule has 27 heavy (non-hydrogen) atoms. The summed E-state index contributed by atoms with van der Waals surface area (Å²) in [7, 11) is 0. The van der Waals surface area contributed by atoms with Gasteiger partial charge in [0.1, 0.15) is 10.5 Å². The molecule has 0 spiro atoms. The second kappa shape index (κ2) is 6.73. The molecule has 8 heteroatoms. The molecule has 0 saturated heterocycles. The molecule has 0 fully saturated rings. The molecule has 0 unspecified atom stereocenters. The number of hydrogen-bond acceptors (Lipinski definition) is 5. The van der Waals surface area contributed by atoms with Crippen LogP contribution in [-0.4, -0.2) is 14.5 Å². The van der Waals surface area contributed by atoms with Crippen LogP contribution in [0.2, 0.25) is 0 Å². The summed E-state index contributed by atoms with van der Waals surface area (Å²) in [6, 6.07) is 15.0. The van der Waals surface area contributed by atoms with E-state index in [0.29, 0.717) is 10.2 Å². The number of thiophene rings is 1. The number of hydrogen-bond donors (Lipinski definition) is 0. The fraction of sp³-hybridized carbons (Fsp3) is 0.0526.